The van der Waals surface area contributed by atoms with Gasteiger partial charge in [0.05, 0.1) is 12.2 Å². The third-order valence-corrected chi connectivity index (χ3v) is 5.39. The summed E-state index contributed by atoms with van der Waals surface area (Å²) < 4.78 is 45.0. The summed E-state index contributed by atoms with van der Waals surface area (Å²) in [5.74, 6) is -1.98. The van der Waals surface area contributed by atoms with Crippen LogP contribution in [-0.2, 0) is 9.53 Å². The van der Waals surface area contributed by atoms with Crippen molar-refractivity contribution in [3.63, 3.8) is 0 Å². The van der Waals surface area contributed by atoms with Crippen LogP contribution >= 0.6 is 0 Å². The summed E-state index contributed by atoms with van der Waals surface area (Å²) in [4.78, 5) is 26.7. The Bertz CT molecular complexity index is 1040. The van der Waals surface area contributed by atoms with Gasteiger partial charge in [0.15, 0.2) is 6.10 Å². The molecule has 2 aliphatic rings. The van der Waals surface area contributed by atoms with Crippen LogP contribution in [-0.4, -0.2) is 72.2 Å². The fourth-order valence-corrected chi connectivity index (χ4v) is 3.70. The minimum atomic E-state index is -1.31. The lowest BCUT2D eigenvalue weighted by Gasteiger charge is -2.28. The number of amides is 2. The molecule has 2 aromatic rings. The lowest BCUT2D eigenvalue weighted by Crippen LogP contribution is -2.44. The molecule has 1 unspecified atom stereocenters. The number of hydrogen-bond acceptors (Lipinski definition) is 8. The number of ether oxygens (including phenoxy) is 2. The molecule has 0 bridgehead atoms. The molecule has 2 aliphatic heterocycles. The number of nitrogens with zero attached hydrogens (tertiary/aromatic N) is 3. The third kappa shape index (κ3) is 4.81. The Morgan fingerprint density at radius 2 is 2.12 bits per heavy atom. The smallest absolute Gasteiger partial charge is 0.414 e. The van der Waals surface area contributed by atoms with Crippen LogP contribution < -0.4 is 15.4 Å². The van der Waals surface area contributed by atoms with Gasteiger partial charge in [0.1, 0.15) is 30.6 Å². The molecular weight excluding hydrogens is 442 g/mol. The van der Waals surface area contributed by atoms with Crippen LogP contribution in [0.15, 0.2) is 35.1 Å². The number of aromatic nitrogens is 1. The number of carbonyl (C=O) groups is 2. The molecule has 33 heavy (non-hydrogen) atoms. The first kappa shape index (κ1) is 22.7. The normalized spacial score (nSPS) is 19.3. The first-order valence-corrected chi connectivity index (χ1v) is 10.2. The summed E-state index contributed by atoms with van der Waals surface area (Å²) >= 11 is 0. The van der Waals surface area contributed by atoms with Gasteiger partial charge in [-0.3, -0.25) is 9.69 Å². The lowest BCUT2D eigenvalue weighted by atomic mass is 9.97. The van der Waals surface area contributed by atoms with Crippen molar-refractivity contribution in [1.29, 1.82) is 0 Å². The summed E-state index contributed by atoms with van der Waals surface area (Å²) in [5.41, 5.74) is 5.49. The van der Waals surface area contributed by atoms with E-state index in [-0.39, 0.29) is 56.3 Å². The van der Waals surface area contributed by atoms with Crippen molar-refractivity contribution in [3.8, 4) is 5.88 Å². The Labute approximate surface area is 187 Å². The average Bonchev–Trinajstić information content (AvgIpc) is 3.46. The van der Waals surface area contributed by atoms with Crippen molar-refractivity contribution in [2.24, 2.45) is 5.73 Å². The SMILES string of the molecule is NCC(O)C(=O)N1CC=C(c2c(F)cc(N3C[C@H](COc4ccon4)OC3=O)cc2F)CC1. The number of aliphatic hydroxyl groups excluding tert-OH is 1. The lowest BCUT2D eigenvalue weighted by molar-refractivity contribution is -0.139. The molecule has 176 valence electrons. The van der Waals surface area contributed by atoms with E-state index in [1.54, 1.807) is 0 Å². The van der Waals surface area contributed by atoms with Crippen molar-refractivity contribution in [2.45, 2.75) is 18.6 Å². The highest BCUT2D eigenvalue weighted by Gasteiger charge is 2.34. The number of cyclic esters (lactones) is 1. The number of halogens is 2. The van der Waals surface area contributed by atoms with Crippen LogP contribution in [0.3, 0.4) is 0 Å². The number of benzene rings is 1. The van der Waals surface area contributed by atoms with E-state index in [0.717, 1.165) is 17.0 Å². The highest BCUT2D eigenvalue weighted by Crippen LogP contribution is 2.32. The molecule has 1 aromatic heterocycles. The van der Waals surface area contributed by atoms with E-state index >= 15 is 0 Å². The zero-order chi connectivity index (χ0) is 23.5. The summed E-state index contributed by atoms with van der Waals surface area (Å²) in [6.07, 6.45) is 0.346. The summed E-state index contributed by atoms with van der Waals surface area (Å²) in [6.45, 7) is 0.116. The number of nitrogens with two attached hydrogens (primary N) is 1. The molecule has 0 aliphatic carbocycles. The quantitative estimate of drug-likeness (QED) is 0.627. The first-order chi connectivity index (χ1) is 15.9. The number of anilines is 1. The van der Waals surface area contributed by atoms with Crippen LogP contribution in [0.1, 0.15) is 12.0 Å². The fraction of sp³-hybridized carbons (Fsp3) is 0.381. The Morgan fingerprint density at radius 3 is 2.73 bits per heavy atom. The van der Waals surface area contributed by atoms with Gasteiger partial charge in [0.25, 0.3) is 11.8 Å². The molecule has 12 heteroatoms. The number of hydrogen-bond donors (Lipinski definition) is 2. The maximum atomic E-state index is 14.9. The highest BCUT2D eigenvalue weighted by molar-refractivity contribution is 5.90. The van der Waals surface area contributed by atoms with Crippen molar-refractivity contribution in [2.75, 3.05) is 37.7 Å². The maximum Gasteiger partial charge on any atom is 0.414 e. The molecule has 0 saturated carbocycles. The van der Waals surface area contributed by atoms with E-state index in [1.807, 2.05) is 0 Å². The van der Waals surface area contributed by atoms with Crippen molar-refractivity contribution >= 4 is 23.3 Å². The Hall–Kier alpha value is -3.51. The van der Waals surface area contributed by atoms with Crippen LogP contribution in [0, 0.1) is 11.6 Å². The average molecular weight is 464 g/mol. The number of rotatable bonds is 7. The fourth-order valence-electron chi connectivity index (χ4n) is 3.70. The molecular formula is C21H22F2N4O6. The Kier molecular flexibility index (Phi) is 6.56. The molecule has 0 radical (unpaired) electrons. The molecule has 10 nitrogen and oxygen atoms in total. The van der Waals surface area contributed by atoms with E-state index in [9.17, 15) is 23.5 Å². The van der Waals surface area contributed by atoms with Gasteiger partial charge >= 0.3 is 6.09 Å². The number of carbonyl (C=O) groups excluding carboxylic acids is 2. The van der Waals surface area contributed by atoms with Crippen LogP contribution in [0.2, 0.25) is 0 Å². The molecule has 1 aromatic carbocycles. The second-order valence-corrected chi connectivity index (χ2v) is 7.56. The number of aliphatic hydroxyl groups is 1. The van der Waals surface area contributed by atoms with E-state index in [2.05, 4.69) is 9.68 Å². The Morgan fingerprint density at radius 1 is 1.36 bits per heavy atom. The van der Waals surface area contributed by atoms with E-state index in [1.165, 1.54) is 23.3 Å². The zero-order valence-electron chi connectivity index (χ0n) is 17.4. The zero-order valence-corrected chi connectivity index (χ0v) is 17.4. The minimum absolute atomic E-state index is 0.00121. The third-order valence-electron chi connectivity index (χ3n) is 5.39. The minimum Gasteiger partial charge on any atom is -0.471 e. The predicted octanol–water partition coefficient (Wildman–Crippen LogP) is 1.29. The molecule has 4 rings (SSSR count). The van der Waals surface area contributed by atoms with Gasteiger partial charge in [-0.1, -0.05) is 6.08 Å². The summed E-state index contributed by atoms with van der Waals surface area (Å²) in [6, 6.07) is 3.63. The standard InChI is InChI=1S/C21H22F2N4O6/c22-15-7-13(27-10-14(33-21(27)30)11-31-18-3-6-32-25-18)8-16(23)19(15)12-1-4-26(5-2-12)20(29)17(28)9-24/h1,3,6-8,14,17,28H,2,4-5,9-11,24H2/t14-,17?/m1/s1. The van der Waals surface area contributed by atoms with Crippen LogP contribution in [0.4, 0.5) is 19.3 Å². The molecule has 2 atom stereocenters. The predicted molar refractivity (Wildman–Crippen MR) is 110 cm³/mol. The largest absolute Gasteiger partial charge is 0.471 e. The van der Waals surface area contributed by atoms with Gasteiger partial charge in [-0.2, -0.15) is 0 Å². The van der Waals surface area contributed by atoms with E-state index in [0.29, 0.717) is 5.57 Å². The van der Waals surface area contributed by atoms with Crippen molar-refractivity contribution < 1.29 is 37.5 Å². The monoisotopic (exact) mass is 464 g/mol. The molecule has 3 N–H and O–H groups in total. The van der Waals surface area contributed by atoms with Crippen LogP contribution in [0.5, 0.6) is 5.88 Å². The molecule has 2 amide bonds. The first-order valence-electron chi connectivity index (χ1n) is 10.2. The Balaban J connectivity index is 1.45. The topological polar surface area (TPSA) is 131 Å². The van der Waals surface area contributed by atoms with Crippen molar-refractivity contribution in [1.82, 2.24) is 10.1 Å². The van der Waals surface area contributed by atoms with E-state index < -0.39 is 35.8 Å². The summed E-state index contributed by atoms with van der Waals surface area (Å²) in [7, 11) is 0. The maximum absolute atomic E-state index is 14.9. The van der Waals surface area contributed by atoms with Gasteiger partial charge in [-0.05, 0) is 29.3 Å². The van der Waals surface area contributed by atoms with Gasteiger partial charge in [0, 0.05) is 31.3 Å². The molecule has 1 saturated heterocycles. The molecule has 0 spiro atoms. The highest BCUT2D eigenvalue weighted by atomic mass is 19.1. The van der Waals surface area contributed by atoms with Crippen molar-refractivity contribution in [3.05, 3.63) is 47.7 Å². The van der Waals surface area contributed by atoms with Gasteiger partial charge in [-0.25, -0.2) is 13.6 Å². The van der Waals surface area contributed by atoms with Crippen LogP contribution in [0.25, 0.3) is 5.57 Å². The second-order valence-electron chi connectivity index (χ2n) is 7.56. The molecule has 1 fully saturated rings. The van der Waals surface area contributed by atoms with Gasteiger partial charge in [-0.15, -0.1) is 0 Å². The van der Waals surface area contributed by atoms with Gasteiger partial charge < -0.3 is 29.7 Å². The van der Waals surface area contributed by atoms with Gasteiger partial charge in [0.2, 0.25) is 0 Å². The molecule has 3 heterocycles. The summed E-state index contributed by atoms with van der Waals surface area (Å²) in [5, 5.41) is 13.2. The van der Waals surface area contributed by atoms with E-state index in [4.69, 9.17) is 15.2 Å². The second kappa shape index (κ2) is 9.55.